The van der Waals surface area contributed by atoms with E-state index in [1.807, 2.05) is 26.0 Å². The summed E-state index contributed by atoms with van der Waals surface area (Å²) in [7, 11) is 0. The second-order valence-electron chi connectivity index (χ2n) is 4.59. The number of pyridine rings is 1. The second kappa shape index (κ2) is 5.36. The van der Waals surface area contributed by atoms with Crippen molar-refractivity contribution in [2.24, 2.45) is 5.73 Å². The lowest BCUT2D eigenvalue weighted by molar-refractivity contribution is 0.561. The molecule has 2 heterocycles. The highest BCUT2D eigenvalue weighted by Gasteiger charge is 2.10. The molecule has 2 aromatic heterocycles. The molecule has 2 N–H and O–H groups in total. The van der Waals surface area contributed by atoms with Gasteiger partial charge in [-0.05, 0) is 19.9 Å². The molecule has 0 unspecified atom stereocenters. The van der Waals surface area contributed by atoms with Crippen molar-refractivity contribution in [2.75, 3.05) is 0 Å². The van der Waals surface area contributed by atoms with Gasteiger partial charge in [0.05, 0.1) is 6.54 Å². The van der Waals surface area contributed by atoms with Crippen molar-refractivity contribution in [1.29, 1.82) is 0 Å². The van der Waals surface area contributed by atoms with Gasteiger partial charge in [-0.1, -0.05) is 18.3 Å². The van der Waals surface area contributed by atoms with Crippen LogP contribution in [0.25, 0.3) is 0 Å². The molecule has 0 aromatic carbocycles. The summed E-state index contributed by atoms with van der Waals surface area (Å²) >= 11 is 4.97. The van der Waals surface area contributed by atoms with Crippen molar-refractivity contribution >= 4 is 17.2 Å². The van der Waals surface area contributed by atoms with Crippen molar-refractivity contribution in [3.8, 4) is 0 Å². The minimum atomic E-state index is -0.0484. The van der Waals surface area contributed by atoms with Gasteiger partial charge in [0.15, 0.2) is 0 Å². The van der Waals surface area contributed by atoms with Crippen molar-refractivity contribution < 1.29 is 0 Å². The maximum atomic E-state index is 12.1. The van der Waals surface area contributed by atoms with E-state index < -0.39 is 0 Å². The third-order valence-corrected chi connectivity index (χ3v) is 3.09. The monoisotopic (exact) mass is 276 g/mol. The van der Waals surface area contributed by atoms with Crippen LogP contribution >= 0.6 is 12.2 Å². The van der Waals surface area contributed by atoms with Crippen molar-refractivity contribution in [3.63, 3.8) is 0 Å². The third kappa shape index (κ3) is 2.73. The van der Waals surface area contributed by atoms with Gasteiger partial charge in [-0.2, -0.15) is 0 Å². The van der Waals surface area contributed by atoms with Crippen LogP contribution in [-0.2, 0) is 6.54 Å². The van der Waals surface area contributed by atoms with Crippen molar-refractivity contribution in [1.82, 2.24) is 14.1 Å². The Labute approximate surface area is 116 Å². The molecule has 5 nitrogen and oxygen atoms in total. The quantitative estimate of drug-likeness (QED) is 0.855. The summed E-state index contributed by atoms with van der Waals surface area (Å²) in [6.45, 7) is 4.35. The van der Waals surface area contributed by atoms with E-state index in [0.29, 0.717) is 12.2 Å². The molecule has 0 atom stereocenters. The lowest BCUT2D eigenvalue weighted by Crippen LogP contribution is -2.26. The Balaban J connectivity index is 2.37. The van der Waals surface area contributed by atoms with Gasteiger partial charge in [0.25, 0.3) is 0 Å². The molecule has 0 fully saturated rings. The predicted octanol–water partition coefficient (Wildman–Crippen LogP) is 1.31. The molecule has 19 heavy (non-hydrogen) atoms. The zero-order chi connectivity index (χ0) is 14.0. The molecule has 0 saturated heterocycles. The van der Waals surface area contributed by atoms with E-state index in [9.17, 15) is 4.79 Å². The molecule has 6 heteroatoms. The summed E-state index contributed by atoms with van der Waals surface area (Å²) in [6, 6.07) is 3.82. The second-order valence-corrected chi connectivity index (χ2v) is 5.02. The summed E-state index contributed by atoms with van der Waals surface area (Å²) < 4.78 is 3.30. The molecule has 0 aliphatic carbocycles. The van der Waals surface area contributed by atoms with Crippen molar-refractivity contribution in [3.05, 3.63) is 52.5 Å². The van der Waals surface area contributed by atoms with Crippen LogP contribution < -0.4 is 11.4 Å². The highest BCUT2D eigenvalue weighted by Crippen LogP contribution is 2.08. The SMILES string of the molecule is CC(C)n1ccn(Cc2cccnc2C(N)=S)c1=O. The number of nitrogens with two attached hydrogens (primary N) is 1. The fourth-order valence-corrected chi connectivity index (χ4v) is 2.10. The number of hydrogen-bond donors (Lipinski definition) is 1. The van der Waals surface area contributed by atoms with Gasteiger partial charge in [-0.3, -0.25) is 14.1 Å². The topological polar surface area (TPSA) is 65.8 Å². The van der Waals surface area contributed by atoms with Gasteiger partial charge in [0.2, 0.25) is 0 Å². The fraction of sp³-hybridized carbons (Fsp3) is 0.308. The first kappa shape index (κ1) is 13.5. The Bertz CT molecular complexity index is 657. The molecule has 2 aromatic rings. The summed E-state index contributed by atoms with van der Waals surface area (Å²) in [5.41, 5.74) is 7.00. The standard InChI is InChI=1S/C13H16N4OS/c1-9(2)17-7-6-16(13(17)18)8-10-4-3-5-15-11(10)12(14)19/h3-7,9H,8H2,1-2H3,(H2,14,19). The molecular formula is C13H16N4OS. The lowest BCUT2D eigenvalue weighted by atomic mass is 10.2. The van der Waals surface area contributed by atoms with Crippen LogP contribution in [0.4, 0.5) is 0 Å². The van der Waals surface area contributed by atoms with Crippen LogP contribution in [0.3, 0.4) is 0 Å². The van der Waals surface area contributed by atoms with E-state index in [4.69, 9.17) is 18.0 Å². The number of hydrogen-bond acceptors (Lipinski definition) is 3. The predicted molar refractivity (Wildman–Crippen MR) is 78.3 cm³/mol. The number of imidazole rings is 1. The fourth-order valence-electron chi connectivity index (χ4n) is 1.91. The normalized spacial score (nSPS) is 10.9. The van der Waals surface area contributed by atoms with Crippen molar-refractivity contribution in [2.45, 2.75) is 26.4 Å². The van der Waals surface area contributed by atoms with Gasteiger partial charge in [-0.15, -0.1) is 0 Å². The van der Waals surface area contributed by atoms with E-state index in [2.05, 4.69) is 4.98 Å². The number of rotatable bonds is 4. The van der Waals surface area contributed by atoms with Gasteiger partial charge in [0.1, 0.15) is 10.7 Å². The first-order chi connectivity index (χ1) is 9.00. The molecule has 100 valence electrons. The average Bonchev–Trinajstić information content (AvgIpc) is 2.71. The summed E-state index contributed by atoms with van der Waals surface area (Å²) in [6.07, 6.45) is 5.18. The van der Waals surface area contributed by atoms with E-state index in [1.165, 1.54) is 0 Å². The minimum absolute atomic E-state index is 0.0484. The Morgan fingerprint density at radius 3 is 2.79 bits per heavy atom. The zero-order valence-electron chi connectivity index (χ0n) is 10.9. The highest BCUT2D eigenvalue weighted by atomic mass is 32.1. The van der Waals surface area contributed by atoms with Crippen LogP contribution in [0.1, 0.15) is 31.1 Å². The maximum Gasteiger partial charge on any atom is 0.328 e. The largest absolute Gasteiger partial charge is 0.388 e. The molecule has 0 amide bonds. The highest BCUT2D eigenvalue weighted by molar-refractivity contribution is 7.80. The zero-order valence-corrected chi connectivity index (χ0v) is 11.7. The summed E-state index contributed by atoms with van der Waals surface area (Å²) in [4.78, 5) is 16.5. The Hall–Kier alpha value is -1.95. The minimum Gasteiger partial charge on any atom is -0.388 e. The van der Waals surface area contributed by atoms with E-state index >= 15 is 0 Å². The number of nitrogens with zero attached hydrogens (tertiary/aromatic N) is 3. The van der Waals surface area contributed by atoms with Crippen LogP contribution in [-0.4, -0.2) is 19.1 Å². The Kier molecular flexibility index (Phi) is 3.80. The van der Waals surface area contributed by atoms with Gasteiger partial charge < -0.3 is 5.73 Å². The third-order valence-electron chi connectivity index (χ3n) is 2.90. The molecular weight excluding hydrogens is 260 g/mol. The van der Waals surface area contributed by atoms with Gasteiger partial charge >= 0.3 is 5.69 Å². The molecule has 2 rings (SSSR count). The molecule has 0 spiro atoms. The number of thiocarbonyl (C=S) groups is 1. The maximum absolute atomic E-state index is 12.1. The Morgan fingerprint density at radius 1 is 1.47 bits per heavy atom. The number of aromatic nitrogens is 3. The van der Waals surface area contributed by atoms with Crippen LogP contribution in [0, 0.1) is 0 Å². The van der Waals surface area contributed by atoms with Crippen LogP contribution in [0.5, 0.6) is 0 Å². The summed E-state index contributed by atoms with van der Waals surface area (Å²) in [5, 5.41) is 0. The van der Waals surface area contributed by atoms with E-state index in [-0.39, 0.29) is 16.7 Å². The Morgan fingerprint density at radius 2 is 2.21 bits per heavy atom. The molecule has 0 bridgehead atoms. The van der Waals surface area contributed by atoms with Gasteiger partial charge in [0, 0.05) is 30.2 Å². The van der Waals surface area contributed by atoms with E-state index in [1.54, 1.807) is 27.7 Å². The molecule has 0 saturated carbocycles. The van der Waals surface area contributed by atoms with E-state index in [0.717, 1.165) is 5.56 Å². The van der Waals surface area contributed by atoms with Crippen LogP contribution in [0.2, 0.25) is 0 Å². The first-order valence-corrected chi connectivity index (χ1v) is 6.42. The molecule has 0 aliphatic heterocycles. The van der Waals surface area contributed by atoms with Gasteiger partial charge in [-0.25, -0.2) is 4.79 Å². The van der Waals surface area contributed by atoms with Crippen LogP contribution in [0.15, 0.2) is 35.5 Å². The lowest BCUT2D eigenvalue weighted by Gasteiger charge is -2.08. The smallest absolute Gasteiger partial charge is 0.328 e. The molecule has 0 radical (unpaired) electrons. The molecule has 0 aliphatic rings. The first-order valence-electron chi connectivity index (χ1n) is 6.01. The summed E-state index contributed by atoms with van der Waals surface area (Å²) in [5.74, 6) is 0. The average molecular weight is 276 g/mol.